The molecule has 84 valence electrons. The van der Waals surface area contributed by atoms with Gasteiger partial charge in [0.1, 0.15) is 6.61 Å². The Balaban J connectivity index is 1.93. The van der Waals surface area contributed by atoms with Crippen LogP contribution in [0.3, 0.4) is 0 Å². The van der Waals surface area contributed by atoms with Crippen molar-refractivity contribution in [3.8, 4) is 0 Å². The van der Waals surface area contributed by atoms with Crippen molar-refractivity contribution in [2.24, 2.45) is 0 Å². The van der Waals surface area contributed by atoms with E-state index in [1.54, 1.807) is 11.8 Å². The lowest BCUT2D eigenvalue weighted by atomic mass is 10.1. The van der Waals surface area contributed by atoms with Gasteiger partial charge in [0.05, 0.1) is 19.1 Å². The number of rotatable bonds is 3. The van der Waals surface area contributed by atoms with E-state index in [1.807, 2.05) is 0 Å². The summed E-state index contributed by atoms with van der Waals surface area (Å²) in [4.78, 5) is 24.3. The molecule has 0 saturated carbocycles. The highest BCUT2D eigenvalue weighted by Gasteiger charge is 2.43. The van der Waals surface area contributed by atoms with Crippen LogP contribution in [0.15, 0.2) is 0 Å². The van der Waals surface area contributed by atoms with E-state index in [-0.39, 0.29) is 24.1 Å². The van der Waals surface area contributed by atoms with Crippen LogP contribution in [0.5, 0.6) is 0 Å². The predicted octanol–water partition coefficient (Wildman–Crippen LogP) is 0.923. The predicted molar refractivity (Wildman–Crippen MR) is 51.2 cm³/mol. The molecule has 2 aliphatic heterocycles. The van der Waals surface area contributed by atoms with Gasteiger partial charge in [0.2, 0.25) is 0 Å². The molecule has 0 N–H and O–H groups in total. The van der Waals surface area contributed by atoms with Gasteiger partial charge in [-0.2, -0.15) is 0 Å². The summed E-state index contributed by atoms with van der Waals surface area (Å²) in [5.41, 5.74) is 0. The van der Waals surface area contributed by atoms with Gasteiger partial charge in [-0.25, -0.2) is 4.79 Å². The van der Waals surface area contributed by atoms with E-state index in [0.717, 1.165) is 12.8 Å². The van der Waals surface area contributed by atoms with Gasteiger partial charge in [0.15, 0.2) is 0 Å². The number of hydrogen-bond acceptors (Lipinski definition) is 4. The minimum Gasteiger partial charge on any atom is -0.466 e. The quantitative estimate of drug-likeness (QED) is 0.654. The molecule has 5 heteroatoms. The van der Waals surface area contributed by atoms with Crippen LogP contribution >= 0.6 is 0 Å². The summed E-state index contributed by atoms with van der Waals surface area (Å²) >= 11 is 0. The Morgan fingerprint density at radius 2 is 2.40 bits per heavy atom. The van der Waals surface area contributed by atoms with E-state index < -0.39 is 0 Å². The number of esters is 1. The maximum atomic E-state index is 11.4. The zero-order chi connectivity index (χ0) is 10.8. The molecular formula is C10H15NO4. The maximum absolute atomic E-state index is 11.4. The monoisotopic (exact) mass is 213 g/mol. The van der Waals surface area contributed by atoms with Gasteiger partial charge >= 0.3 is 12.1 Å². The van der Waals surface area contributed by atoms with E-state index in [9.17, 15) is 9.59 Å². The summed E-state index contributed by atoms with van der Waals surface area (Å²) in [6.45, 7) is 2.64. The van der Waals surface area contributed by atoms with Crippen LogP contribution in [0.4, 0.5) is 4.79 Å². The van der Waals surface area contributed by atoms with Gasteiger partial charge < -0.3 is 9.47 Å². The number of carbonyl (C=O) groups excluding carboxylic acids is 2. The lowest BCUT2D eigenvalue weighted by molar-refractivity contribution is -0.144. The number of nitrogens with zero attached hydrogens (tertiary/aromatic N) is 1. The van der Waals surface area contributed by atoms with Crippen molar-refractivity contribution in [1.29, 1.82) is 0 Å². The lowest BCUT2D eigenvalue weighted by Crippen LogP contribution is -2.36. The number of amides is 1. The fraction of sp³-hybridized carbons (Fsp3) is 0.800. The molecule has 0 spiro atoms. The van der Waals surface area contributed by atoms with E-state index in [0.29, 0.717) is 19.6 Å². The molecule has 2 heterocycles. The third-order valence-corrected chi connectivity index (χ3v) is 2.94. The van der Waals surface area contributed by atoms with Gasteiger partial charge in [0, 0.05) is 6.04 Å². The number of cyclic esters (lactones) is 1. The second-order valence-corrected chi connectivity index (χ2v) is 3.88. The Hall–Kier alpha value is -1.26. The summed E-state index contributed by atoms with van der Waals surface area (Å²) in [6.07, 6.45) is 1.81. The molecule has 0 aliphatic carbocycles. The molecule has 2 fully saturated rings. The maximum Gasteiger partial charge on any atom is 0.410 e. The van der Waals surface area contributed by atoms with Gasteiger partial charge in [-0.3, -0.25) is 9.69 Å². The molecule has 0 bridgehead atoms. The fourth-order valence-electron chi connectivity index (χ4n) is 2.28. The molecule has 2 rings (SSSR count). The van der Waals surface area contributed by atoms with Crippen LogP contribution < -0.4 is 0 Å². The fourth-order valence-corrected chi connectivity index (χ4v) is 2.28. The molecule has 15 heavy (non-hydrogen) atoms. The van der Waals surface area contributed by atoms with Gasteiger partial charge in [-0.1, -0.05) is 0 Å². The Bertz CT molecular complexity index is 279. The molecule has 2 aliphatic rings. The van der Waals surface area contributed by atoms with Crippen molar-refractivity contribution in [3.05, 3.63) is 0 Å². The van der Waals surface area contributed by atoms with Gasteiger partial charge in [-0.15, -0.1) is 0 Å². The average molecular weight is 213 g/mol. The number of ether oxygens (including phenoxy) is 2. The zero-order valence-electron chi connectivity index (χ0n) is 8.77. The second kappa shape index (κ2) is 4.08. The topological polar surface area (TPSA) is 55.8 Å². The largest absolute Gasteiger partial charge is 0.466 e. The minimum atomic E-state index is -0.285. The first-order valence-electron chi connectivity index (χ1n) is 5.33. The Labute approximate surface area is 88.3 Å². The van der Waals surface area contributed by atoms with Crippen molar-refractivity contribution in [3.63, 3.8) is 0 Å². The Kier molecular flexibility index (Phi) is 2.79. The molecule has 5 nitrogen and oxygen atoms in total. The third kappa shape index (κ3) is 1.91. The van der Waals surface area contributed by atoms with Crippen molar-refractivity contribution in [2.75, 3.05) is 13.2 Å². The highest BCUT2D eigenvalue weighted by atomic mass is 16.6. The third-order valence-electron chi connectivity index (χ3n) is 2.94. The van der Waals surface area contributed by atoms with Gasteiger partial charge in [0.25, 0.3) is 0 Å². The number of carbonyl (C=O) groups is 2. The molecule has 0 unspecified atom stereocenters. The van der Waals surface area contributed by atoms with Crippen molar-refractivity contribution in [1.82, 2.24) is 4.90 Å². The van der Waals surface area contributed by atoms with Crippen LogP contribution in [0.2, 0.25) is 0 Å². The first-order valence-corrected chi connectivity index (χ1v) is 5.33. The summed E-state index contributed by atoms with van der Waals surface area (Å²) < 4.78 is 9.80. The summed E-state index contributed by atoms with van der Waals surface area (Å²) in [5.74, 6) is -0.233. The van der Waals surface area contributed by atoms with Crippen LogP contribution in [0.25, 0.3) is 0 Å². The SMILES string of the molecule is CCOC(=O)C[C@@H]1CC[C@H]2COC(=O)N21. The van der Waals surface area contributed by atoms with Crippen LogP contribution in [0, 0.1) is 0 Å². The number of hydrogen-bond donors (Lipinski definition) is 0. The summed E-state index contributed by atoms with van der Waals surface area (Å²) in [6, 6.07) is 0.154. The molecule has 0 radical (unpaired) electrons. The van der Waals surface area contributed by atoms with E-state index in [1.165, 1.54) is 0 Å². The van der Waals surface area contributed by atoms with Gasteiger partial charge in [-0.05, 0) is 19.8 Å². The minimum absolute atomic E-state index is 0.0240. The first-order chi connectivity index (χ1) is 7.22. The van der Waals surface area contributed by atoms with E-state index >= 15 is 0 Å². The second-order valence-electron chi connectivity index (χ2n) is 3.88. The van der Waals surface area contributed by atoms with Crippen LogP contribution in [-0.4, -0.2) is 42.3 Å². The summed E-state index contributed by atoms with van der Waals surface area (Å²) in [5, 5.41) is 0. The Morgan fingerprint density at radius 1 is 1.60 bits per heavy atom. The van der Waals surface area contributed by atoms with Crippen molar-refractivity contribution >= 4 is 12.1 Å². The summed E-state index contributed by atoms with van der Waals surface area (Å²) in [7, 11) is 0. The molecule has 0 aromatic heterocycles. The molecule has 1 amide bonds. The highest BCUT2D eigenvalue weighted by Crippen LogP contribution is 2.31. The van der Waals surface area contributed by atoms with Crippen LogP contribution in [-0.2, 0) is 14.3 Å². The van der Waals surface area contributed by atoms with Crippen molar-refractivity contribution < 1.29 is 19.1 Å². The smallest absolute Gasteiger partial charge is 0.410 e. The number of fused-ring (bicyclic) bond motifs is 1. The highest BCUT2D eigenvalue weighted by molar-refractivity contribution is 5.74. The molecule has 2 saturated heterocycles. The van der Waals surface area contributed by atoms with Crippen molar-refractivity contribution in [2.45, 2.75) is 38.3 Å². The van der Waals surface area contributed by atoms with E-state index in [2.05, 4.69) is 0 Å². The Morgan fingerprint density at radius 3 is 3.13 bits per heavy atom. The zero-order valence-corrected chi connectivity index (χ0v) is 8.77. The first kappa shape index (κ1) is 10.3. The average Bonchev–Trinajstić information content (AvgIpc) is 2.72. The molecule has 0 aromatic carbocycles. The molecule has 2 atom stereocenters. The standard InChI is InChI=1S/C10H15NO4/c1-2-14-9(12)5-7-3-4-8-6-15-10(13)11(7)8/h7-8H,2-6H2,1H3/t7-,8-/m0/s1. The van der Waals surface area contributed by atoms with Crippen LogP contribution in [0.1, 0.15) is 26.2 Å². The lowest BCUT2D eigenvalue weighted by Gasteiger charge is -2.20. The molecule has 0 aromatic rings. The van der Waals surface area contributed by atoms with E-state index in [4.69, 9.17) is 9.47 Å². The normalized spacial score (nSPS) is 28.9. The molecular weight excluding hydrogens is 198 g/mol.